The molecule has 1 aromatic carbocycles. The molecule has 2 heterocycles. The molecule has 2 amide bonds. The number of rotatable bonds is 6. The number of hydrogen-bond acceptors (Lipinski definition) is 6. The van der Waals surface area contributed by atoms with Crippen LogP contribution in [-0.2, 0) is 0 Å². The first-order chi connectivity index (χ1) is 12.0. The zero-order chi connectivity index (χ0) is 18.0. The van der Waals surface area contributed by atoms with Gasteiger partial charge in [-0.2, -0.15) is 0 Å². The van der Waals surface area contributed by atoms with Gasteiger partial charge in [0.05, 0.1) is 22.7 Å². The zero-order valence-corrected chi connectivity index (χ0v) is 13.5. The van der Waals surface area contributed by atoms with Crippen LogP contribution in [0.25, 0.3) is 0 Å². The van der Waals surface area contributed by atoms with Gasteiger partial charge in [-0.05, 0) is 31.5 Å². The van der Waals surface area contributed by atoms with E-state index in [0.29, 0.717) is 23.2 Å². The summed E-state index contributed by atoms with van der Waals surface area (Å²) in [5.41, 5.74) is 1.17. The number of aryl methyl sites for hydroxylation is 1. The average Bonchev–Trinajstić information content (AvgIpc) is 2.83. The highest BCUT2D eigenvalue weighted by molar-refractivity contribution is 6.21. The fraction of sp³-hybridized carbons (Fsp3) is 0.235. The standard InChI is InChI=1S/C17H15N3O5/c1-11-7-8-14(20(23)24)15(18-11)25-10-4-9-19-16(21)12-5-2-3-6-13(12)17(19)22/h2-3,5-8H,4,9-10H2,1H3. The normalized spacial score (nSPS) is 13.1. The number of nitro groups is 1. The lowest BCUT2D eigenvalue weighted by molar-refractivity contribution is -0.386. The minimum atomic E-state index is -0.564. The van der Waals surface area contributed by atoms with Crippen molar-refractivity contribution in [1.82, 2.24) is 9.88 Å². The molecule has 0 radical (unpaired) electrons. The Morgan fingerprint density at radius 3 is 2.36 bits per heavy atom. The van der Waals surface area contributed by atoms with Gasteiger partial charge in [-0.25, -0.2) is 4.98 Å². The smallest absolute Gasteiger partial charge is 0.330 e. The number of ether oxygens (including phenoxy) is 1. The molecule has 0 unspecified atom stereocenters. The Labute approximate surface area is 143 Å². The molecule has 3 rings (SSSR count). The predicted molar refractivity (Wildman–Crippen MR) is 87.5 cm³/mol. The predicted octanol–water partition coefficient (Wildman–Crippen LogP) is 2.36. The van der Waals surface area contributed by atoms with E-state index in [2.05, 4.69) is 4.98 Å². The van der Waals surface area contributed by atoms with Crippen LogP contribution in [-0.4, -0.2) is 39.8 Å². The molecule has 0 atom stereocenters. The number of carbonyl (C=O) groups is 2. The molecule has 0 spiro atoms. The van der Waals surface area contributed by atoms with Gasteiger partial charge in [-0.1, -0.05) is 12.1 Å². The number of imide groups is 1. The number of fused-ring (bicyclic) bond motifs is 1. The summed E-state index contributed by atoms with van der Waals surface area (Å²) in [6, 6.07) is 9.52. The third-order valence-electron chi connectivity index (χ3n) is 3.82. The Morgan fingerprint density at radius 2 is 1.76 bits per heavy atom. The van der Waals surface area contributed by atoms with Gasteiger partial charge >= 0.3 is 5.69 Å². The van der Waals surface area contributed by atoms with E-state index in [9.17, 15) is 19.7 Å². The van der Waals surface area contributed by atoms with Gasteiger partial charge in [0.25, 0.3) is 17.7 Å². The second-order valence-electron chi connectivity index (χ2n) is 5.54. The van der Waals surface area contributed by atoms with Crippen LogP contribution < -0.4 is 4.74 Å². The summed E-state index contributed by atoms with van der Waals surface area (Å²) in [5, 5.41) is 11.0. The van der Waals surface area contributed by atoms with Crippen molar-refractivity contribution in [3.63, 3.8) is 0 Å². The number of nitrogens with zero attached hydrogens (tertiary/aromatic N) is 3. The molecule has 1 aliphatic heterocycles. The molecule has 0 saturated heterocycles. The fourth-order valence-electron chi connectivity index (χ4n) is 2.60. The van der Waals surface area contributed by atoms with Crippen molar-refractivity contribution in [3.05, 3.63) is 63.3 Å². The van der Waals surface area contributed by atoms with E-state index in [1.54, 1.807) is 31.2 Å². The van der Waals surface area contributed by atoms with Gasteiger partial charge in [0.1, 0.15) is 0 Å². The summed E-state index contributed by atoms with van der Waals surface area (Å²) in [5.74, 6) is -0.729. The van der Waals surface area contributed by atoms with Crippen molar-refractivity contribution in [2.75, 3.05) is 13.2 Å². The van der Waals surface area contributed by atoms with E-state index in [1.807, 2.05) is 0 Å². The van der Waals surface area contributed by atoms with Crippen LogP contribution in [0, 0.1) is 17.0 Å². The third-order valence-corrected chi connectivity index (χ3v) is 3.82. The summed E-state index contributed by atoms with van der Waals surface area (Å²) in [4.78, 5) is 40.0. The van der Waals surface area contributed by atoms with Crippen LogP contribution in [0.15, 0.2) is 36.4 Å². The van der Waals surface area contributed by atoms with Crippen molar-refractivity contribution in [2.24, 2.45) is 0 Å². The SMILES string of the molecule is Cc1ccc([N+](=O)[O-])c(OCCCN2C(=O)c3ccccc3C2=O)n1. The van der Waals surface area contributed by atoms with E-state index in [0.717, 1.165) is 4.90 Å². The lowest BCUT2D eigenvalue weighted by Gasteiger charge is -2.13. The topological polar surface area (TPSA) is 103 Å². The molecule has 1 aromatic heterocycles. The van der Waals surface area contributed by atoms with Gasteiger partial charge in [0.2, 0.25) is 0 Å². The Morgan fingerprint density at radius 1 is 1.12 bits per heavy atom. The number of carbonyl (C=O) groups excluding carboxylic acids is 2. The van der Waals surface area contributed by atoms with E-state index in [1.165, 1.54) is 12.1 Å². The number of aromatic nitrogens is 1. The van der Waals surface area contributed by atoms with E-state index in [-0.39, 0.29) is 36.5 Å². The van der Waals surface area contributed by atoms with Gasteiger partial charge in [-0.15, -0.1) is 0 Å². The van der Waals surface area contributed by atoms with Crippen molar-refractivity contribution in [3.8, 4) is 5.88 Å². The van der Waals surface area contributed by atoms with Crippen LogP contribution in [0.2, 0.25) is 0 Å². The van der Waals surface area contributed by atoms with Gasteiger partial charge < -0.3 is 4.74 Å². The number of amides is 2. The molecule has 8 nitrogen and oxygen atoms in total. The van der Waals surface area contributed by atoms with Crippen LogP contribution in [0.4, 0.5) is 5.69 Å². The number of hydrogen-bond donors (Lipinski definition) is 0. The molecule has 128 valence electrons. The Balaban J connectivity index is 1.60. The molecule has 0 N–H and O–H groups in total. The lowest BCUT2D eigenvalue weighted by Crippen LogP contribution is -2.31. The van der Waals surface area contributed by atoms with Gasteiger partial charge in [0.15, 0.2) is 0 Å². The summed E-state index contributed by atoms with van der Waals surface area (Å²) in [7, 11) is 0. The minimum absolute atomic E-state index is 0.0626. The molecule has 0 aliphatic carbocycles. The molecular weight excluding hydrogens is 326 g/mol. The summed E-state index contributed by atoms with van der Waals surface area (Å²) in [6.07, 6.45) is 0.345. The fourth-order valence-corrected chi connectivity index (χ4v) is 2.60. The molecule has 2 aromatic rings. The monoisotopic (exact) mass is 341 g/mol. The second-order valence-corrected chi connectivity index (χ2v) is 5.54. The molecule has 8 heteroatoms. The average molecular weight is 341 g/mol. The van der Waals surface area contributed by atoms with Crippen molar-refractivity contribution in [2.45, 2.75) is 13.3 Å². The highest BCUT2D eigenvalue weighted by Gasteiger charge is 2.34. The lowest BCUT2D eigenvalue weighted by atomic mass is 10.1. The quantitative estimate of drug-likeness (QED) is 0.346. The third kappa shape index (κ3) is 3.18. The molecule has 0 saturated carbocycles. The van der Waals surface area contributed by atoms with E-state index >= 15 is 0 Å². The maximum absolute atomic E-state index is 12.2. The van der Waals surface area contributed by atoms with Gasteiger partial charge in [0, 0.05) is 18.3 Å². The Hall–Kier alpha value is -3.29. The van der Waals surface area contributed by atoms with Crippen LogP contribution in [0.5, 0.6) is 5.88 Å². The summed E-state index contributed by atoms with van der Waals surface area (Å²) >= 11 is 0. The number of benzene rings is 1. The first-order valence-electron chi connectivity index (χ1n) is 7.69. The molecule has 0 bridgehead atoms. The first kappa shape index (κ1) is 16.6. The summed E-state index contributed by atoms with van der Waals surface area (Å²) in [6.45, 7) is 1.98. The maximum Gasteiger partial charge on any atom is 0.330 e. The van der Waals surface area contributed by atoms with Gasteiger partial charge in [-0.3, -0.25) is 24.6 Å². The molecule has 25 heavy (non-hydrogen) atoms. The first-order valence-corrected chi connectivity index (χ1v) is 7.69. The van der Waals surface area contributed by atoms with Crippen molar-refractivity contribution >= 4 is 17.5 Å². The maximum atomic E-state index is 12.2. The van der Waals surface area contributed by atoms with Crippen LogP contribution >= 0.6 is 0 Å². The minimum Gasteiger partial charge on any atom is -0.473 e. The van der Waals surface area contributed by atoms with E-state index < -0.39 is 4.92 Å². The van der Waals surface area contributed by atoms with Crippen molar-refractivity contribution in [1.29, 1.82) is 0 Å². The highest BCUT2D eigenvalue weighted by atomic mass is 16.6. The van der Waals surface area contributed by atoms with Crippen LogP contribution in [0.1, 0.15) is 32.8 Å². The zero-order valence-electron chi connectivity index (χ0n) is 13.5. The Bertz CT molecular complexity index is 830. The van der Waals surface area contributed by atoms with Crippen LogP contribution in [0.3, 0.4) is 0 Å². The summed E-state index contributed by atoms with van der Waals surface area (Å²) < 4.78 is 5.38. The largest absolute Gasteiger partial charge is 0.473 e. The highest BCUT2D eigenvalue weighted by Crippen LogP contribution is 2.25. The second kappa shape index (κ2) is 6.68. The Kier molecular flexibility index (Phi) is 4.42. The molecule has 0 fully saturated rings. The van der Waals surface area contributed by atoms with E-state index in [4.69, 9.17) is 4.74 Å². The van der Waals surface area contributed by atoms with Crippen molar-refractivity contribution < 1.29 is 19.2 Å². The molecular formula is C17H15N3O5. The molecule has 1 aliphatic rings. The number of pyridine rings is 1.